The van der Waals surface area contributed by atoms with E-state index < -0.39 is 0 Å². The summed E-state index contributed by atoms with van der Waals surface area (Å²) >= 11 is 0. The van der Waals surface area contributed by atoms with Gasteiger partial charge in [0.2, 0.25) is 0 Å². The lowest BCUT2D eigenvalue weighted by Crippen LogP contribution is -2.16. The Balaban J connectivity index is 1.72. The first-order valence-corrected chi connectivity index (χ1v) is 6.22. The van der Waals surface area contributed by atoms with Gasteiger partial charge in [0, 0.05) is 6.54 Å². The molecule has 0 aliphatic carbocycles. The molecule has 1 fully saturated rings. The monoisotopic (exact) mass is 227 g/mol. The van der Waals surface area contributed by atoms with Crippen LogP contribution in [-0.4, -0.2) is 19.2 Å². The number of hydrogen-bond acceptors (Lipinski definition) is 2. The van der Waals surface area contributed by atoms with E-state index in [9.17, 15) is 0 Å². The van der Waals surface area contributed by atoms with Gasteiger partial charge in [-0.2, -0.15) is 0 Å². The highest BCUT2D eigenvalue weighted by Gasteiger charge is 2.14. The van der Waals surface area contributed by atoms with E-state index in [-0.39, 0.29) is 0 Å². The summed E-state index contributed by atoms with van der Waals surface area (Å²) in [6.07, 6.45) is 1.52. The SMILES string of the molecule is c1ccc2cc(CO[C@H]3CCNC3)ccc2c1. The normalized spacial score (nSPS) is 19.9. The molecule has 0 unspecified atom stereocenters. The summed E-state index contributed by atoms with van der Waals surface area (Å²) in [7, 11) is 0. The topological polar surface area (TPSA) is 21.3 Å². The summed E-state index contributed by atoms with van der Waals surface area (Å²) in [4.78, 5) is 0. The summed E-state index contributed by atoms with van der Waals surface area (Å²) in [6, 6.07) is 15.0. The van der Waals surface area contributed by atoms with E-state index in [1.54, 1.807) is 0 Å². The number of hydrogen-bond donors (Lipinski definition) is 1. The van der Waals surface area contributed by atoms with Crippen molar-refractivity contribution in [2.24, 2.45) is 0 Å². The van der Waals surface area contributed by atoms with Crippen molar-refractivity contribution in [2.45, 2.75) is 19.1 Å². The van der Waals surface area contributed by atoms with E-state index in [2.05, 4.69) is 47.8 Å². The molecule has 0 radical (unpaired) electrons. The van der Waals surface area contributed by atoms with Crippen molar-refractivity contribution in [3.8, 4) is 0 Å². The van der Waals surface area contributed by atoms with E-state index in [0.29, 0.717) is 6.10 Å². The molecule has 1 aliphatic heterocycles. The molecule has 2 nitrogen and oxygen atoms in total. The molecule has 2 aromatic carbocycles. The molecule has 0 bridgehead atoms. The summed E-state index contributed by atoms with van der Waals surface area (Å²) in [5.41, 5.74) is 1.26. The van der Waals surface area contributed by atoms with Gasteiger partial charge in [-0.25, -0.2) is 0 Å². The highest BCUT2D eigenvalue weighted by atomic mass is 16.5. The Morgan fingerprint density at radius 3 is 2.82 bits per heavy atom. The van der Waals surface area contributed by atoms with Crippen molar-refractivity contribution in [3.63, 3.8) is 0 Å². The fourth-order valence-corrected chi connectivity index (χ4v) is 2.31. The van der Waals surface area contributed by atoms with Gasteiger partial charge >= 0.3 is 0 Å². The first kappa shape index (κ1) is 10.8. The van der Waals surface area contributed by atoms with Gasteiger partial charge in [-0.3, -0.25) is 0 Å². The van der Waals surface area contributed by atoms with Gasteiger partial charge in [0.1, 0.15) is 0 Å². The van der Waals surface area contributed by atoms with Gasteiger partial charge in [0.25, 0.3) is 0 Å². The van der Waals surface area contributed by atoms with Gasteiger partial charge in [-0.05, 0) is 35.4 Å². The maximum atomic E-state index is 5.88. The summed E-state index contributed by atoms with van der Waals surface area (Å²) < 4.78 is 5.88. The molecule has 17 heavy (non-hydrogen) atoms. The van der Waals surface area contributed by atoms with Crippen LogP contribution in [0.1, 0.15) is 12.0 Å². The third-order valence-corrected chi connectivity index (χ3v) is 3.31. The van der Waals surface area contributed by atoms with Gasteiger partial charge in [-0.1, -0.05) is 36.4 Å². The highest BCUT2D eigenvalue weighted by Crippen LogP contribution is 2.17. The lowest BCUT2D eigenvalue weighted by molar-refractivity contribution is 0.0543. The summed E-state index contributed by atoms with van der Waals surface area (Å²) in [5, 5.41) is 5.89. The smallest absolute Gasteiger partial charge is 0.0721 e. The first-order valence-electron chi connectivity index (χ1n) is 6.22. The quantitative estimate of drug-likeness (QED) is 0.870. The number of nitrogens with one attached hydrogen (secondary N) is 1. The number of ether oxygens (including phenoxy) is 1. The van der Waals surface area contributed by atoms with Crippen LogP contribution in [0.25, 0.3) is 10.8 Å². The van der Waals surface area contributed by atoms with Crippen molar-refractivity contribution < 1.29 is 4.74 Å². The van der Waals surface area contributed by atoms with Gasteiger partial charge in [0.15, 0.2) is 0 Å². The average molecular weight is 227 g/mol. The van der Waals surface area contributed by atoms with Crippen LogP contribution in [0.4, 0.5) is 0 Å². The van der Waals surface area contributed by atoms with Crippen LogP contribution < -0.4 is 5.32 Å². The van der Waals surface area contributed by atoms with E-state index >= 15 is 0 Å². The second-order valence-electron chi connectivity index (χ2n) is 4.61. The van der Waals surface area contributed by atoms with Crippen LogP contribution in [0.3, 0.4) is 0 Å². The minimum atomic E-state index is 0.390. The zero-order valence-corrected chi connectivity index (χ0v) is 9.86. The zero-order chi connectivity index (χ0) is 11.5. The Labute approximate surface area is 102 Å². The Morgan fingerprint density at radius 1 is 1.12 bits per heavy atom. The molecule has 3 rings (SSSR count). The molecular formula is C15H17NO. The summed E-state index contributed by atoms with van der Waals surface area (Å²) in [5.74, 6) is 0. The van der Waals surface area contributed by atoms with Crippen molar-refractivity contribution in [2.75, 3.05) is 13.1 Å². The Hall–Kier alpha value is -1.38. The molecule has 2 heteroatoms. The molecule has 0 aromatic heterocycles. The molecule has 1 saturated heterocycles. The van der Waals surface area contributed by atoms with Crippen LogP contribution in [0.15, 0.2) is 42.5 Å². The van der Waals surface area contributed by atoms with E-state index in [4.69, 9.17) is 4.74 Å². The molecular weight excluding hydrogens is 210 g/mol. The van der Waals surface area contributed by atoms with Crippen molar-refractivity contribution in [1.29, 1.82) is 0 Å². The number of rotatable bonds is 3. The second-order valence-corrected chi connectivity index (χ2v) is 4.61. The fraction of sp³-hybridized carbons (Fsp3) is 0.333. The van der Waals surface area contributed by atoms with Crippen molar-refractivity contribution in [3.05, 3.63) is 48.0 Å². The highest BCUT2D eigenvalue weighted by molar-refractivity contribution is 5.82. The summed E-state index contributed by atoms with van der Waals surface area (Å²) in [6.45, 7) is 2.80. The van der Waals surface area contributed by atoms with Crippen LogP contribution >= 0.6 is 0 Å². The Kier molecular flexibility index (Phi) is 3.08. The molecule has 1 atom stereocenters. The molecule has 1 aliphatic rings. The Morgan fingerprint density at radius 2 is 2.00 bits per heavy atom. The maximum Gasteiger partial charge on any atom is 0.0721 e. The van der Waals surface area contributed by atoms with Gasteiger partial charge in [0.05, 0.1) is 12.7 Å². The molecule has 0 amide bonds. The van der Waals surface area contributed by atoms with Crippen molar-refractivity contribution in [1.82, 2.24) is 5.32 Å². The first-order chi connectivity index (χ1) is 8.42. The number of benzene rings is 2. The molecule has 88 valence electrons. The largest absolute Gasteiger partial charge is 0.372 e. The minimum absolute atomic E-state index is 0.390. The van der Waals surface area contributed by atoms with Gasteiger partial charge < -0.3 is 10.1 Å². The van der Waals surface area contributed by atoms with E-state index in [0.717, 1.165) is 26.1 Å². The lowest BCUT2D eigenvalue weighted by atomic mass is 10.1. The second kappa shape index (κ2) is 4.86. The van der Waals surface area contributed by atoms with E-state index in [1.807, 2.05) is 0 Å². The molecule has 0 saturated carbocycles. The third-order valence-electron chi connectivity index (χ3n) is 3.31. The zero-order valence-electron chi connectivity index (χ0n) is 9.86. The van der Waals surface area contributed by atoms with Crippen molar-refractivity contribution >= 4 is 10.8 Å². The fourth-order valence-electron chi connectivity index (χ4n) is 2.31. The van der Waals surface area contributed by atoms with Crippen LogP contribution in [-0.2, 0) is 11.3 Å². The Bertz CT molecular complexity index is 503. The maximum absolute atomic E-state index is 5.88. The molecule has 1 N–H and O–H groups in total. The standard InChI is InChI=1S/C15H17NO/c1-2-4-14-9-12(5-6-13(14)3-1)11-17-15-7-8-16-10-15/h1-6,9,15-16H,7-8,10-11H2/t15-/m0/s1. The lowest BCUT2D eigenvalue weighted by Gasteiger charge is -2.10. The average Bonchev–Trinajstić information content (AvgIpc) is 2.89. The predicted octanol–water partition coefficient (Wildman–Crippen LogP) is 2.72. The van der Waals surface area contributed by atoms with Gasteiger partial charge in [-0.15, -0.1) is 0 Å². The van der Waals surface area contributed by atoms with E-state index in [1.165, 1.54) is 16.3 Å². The predicted molar refractivity (Wildman–Crippen MR) is 70.0 cm³/mol. The third kappa shape index (κ3) is 2.48. The van der Waals surface area contributed by atoms with Crippen LogP contribution in [0.5, 0.6) is 0 Å². The minimum Gasteiger partial charge on any atom is -0.372 e. The molecule has 0 spiro atoms. The van der Waals surface area contributed by atoms with Crippen LogP contribution in [0.2, 0.25) is 0 Å². The number of fused-ring (bicyclic) bond motifs is 1. The molecule has 1 heterocycles. The van der Waals surface area contributed by atoms with Crippen LogP contribution in [0, 0.1) is 0 Å². The molecule has 2 aromatic rings.